The number of hydrogen-bond acceptors (Lipinski definition) is 5. The summed E-state index contributed by atoms with van der Waals surface area (Å²) in [4.78, 5) is 4.19. The highest BCUT2D eigenvalue weighted by Crippen LogP contribution is 2.18. The fourth-order valence-corrected chi connectivity index (χ4v) is 1.39. The average molecular weight is 243 g/mol. The normalized spacial score (nSPS) is 10.3. The van der Waals surface area contributed by atoms with E-state index in [9.17, 15) is 0 Å². The molecule has 0 amide bonds. The number of para-hydroxylation sites is 1. The predicted molar refractivity (Wildman–Crippen MR) is 63.9 cm³/mol. The molecule has 0 saturated carbocycles. The van der Waals surface area contributed by atoms with Crippen LogP contribution in [0.1, 0.15) is 37.0 Å². The van der Waals surface area contributed by atoms with E-state index >= 15 is 0 Å². The maximum Gasteiger partial charge on any atom is 0.229 e. The van der Waals surface area contributed by atoms with Crippen molar-refractivity contribution < 1.29 is 9.26 Å². The highest BCUT2D eigenvalue weighted by atomic mass is 16.5. The number of ether oxygens (including phenoxy) is 1. The summed E-state index contributed by atoms with van der Waals surface area (Å²) in [6.45, 7) is 4.14. The summed E-state index contributed by atoms with van der Waals surface area (Å²) in [6.07, 6.45) is 0. The van der Waals surface area contributed by atoms with Gasteiger partial charge in [0.2, 0.25) is 11.7 Å². The zero-order valence-electron chi connectivity index (χ0n) is 10.3. The van der Waals surface area contributed by atoms with Crippen molar-refractivity contribution in [2.24, 2.45) is 0 Å². The van der Waals surface area contributed by atoms with E-state index in [1.807, 2.05) is 19.9 Å². The second-order valence-electron chi connectivity index (χ2n) is 4.10. The summed E-state index contributed by atoms with van der Waals surface area (Å²) in [5.41, 5.74) is 0.491. The van der Waals surface area contributed by atoms with Crippen molar-refractivity contribution in [2.45, 2.75) is 26.4 Å². The van der Waals surface area contributed by atoms with Gasteiger partial charge in [0.15, 0.2) is 6.61 Å². The Morgan fingerprint density at radius 3 is 2.83 bits per heavy atom. The third-order valence-corrected chi connectivity index (χ3v) is 2.34. The first-order chi connectivity index (χ1) is 8.70. The fraction of sp³-hybridized carbons (Fsp3) is 0.308. The number of hydrogen-bond donors (Lipinski definition) is 0. The van der Waals surface area contributed by atoms with Gasteiger partial charge in [0, 0.05) is 5.92 Å². The smallest absolute Gasteiger partial charge is 0.229 e. The van der Waals surface area contributed by atoms with Crippen LogP contribution in [-0.2, 0) is 6.61 Å². The van der Waals surface area contributed by atoms with Crippen LogP contribution in [0.15, 0.2) is 28.8 Å². The predicted octanol–water partition coefficient (Wildman–Crippen LogP) is 2.64. The molecule has 18 heavy (non-hydrogen) atoms. The molecule has 0 aliphatic rings. The van der Waals surface area contributed by atoms with Crippen LogP contribution in [0.4, 0.5) is 0 Å². The Kier molecular flexibility index (Phi) is 3.58. The van der Waals surface area contributed by atoms with Gasteiger partial charge in [0.05, 0.1) is 5.56 Å². The summed E-state index contributed by atoms with van der Waals surface area (Å²) >= 11 is 0. The third-order valence-electron chi connectivity index (χ3n) is 2.34. The van der Waals surface area contributed by atoms with E-state index in [1.165, 1.54) is 0 Å². The summed E-state index contributed by atoms with van der Waals surface area (Å²) in [7, 11) is 0. The summed E-state index contributed by atoms with van der Waals surface area (Å²) in [5.74, 6) is 1.78. The molecule has 0 radical (unpaired) electrons. The molecule has 5 nitrogen and oxygen atoms in total. The summed E-state index contributed by atoms with van der Waals surface area (Å²) in [5, 5.41) is 12.7. The molecule has 92 valence electrons. The quantitative estimate of drug-likeness (QED) is 0.825. The summed E-state index contributed by atoms with van der Waals surface area (Å²) in [6, 6.07) is 9.10. The number of nitrogens with zero attached hydrogens (tertiary/aromatic N) is 3. The number of benzene rings is 1. The molecule has 0 atom stereocenters. The van der Waals surface area contributed by atoms with Crippen molar-refractivity contribution in [2.75, 3.05) is 0 Å². The lowest BCUT2D eigenvalue weighted by atomic mass is 10.2. The molecular weight excluding hydrogens is 230 g/mol. The fourth-order valence-electron chi connectivity index (χ4n) is 1.39. The van der Waals surface area contributed by atoms with Crippen LogP contribution in [0.5, 0.6) is 5.75 Å². The molecule has 0 aliphatic heterocycles. The van der Waals surface area contributed by atoms with Crippen LogP contribution < -0.4 is 4.74 Å². The molecule has 0 fully saturated rings. The highest BCUT2D eigenvalue weighted by Gasteiger charge is 2.10. The van der Waals surface area contributed by atoms with Crippen molar-refractivity contribution in [3.05, 3.63) is 41.5 Å². The zero-order valence-corrected chi connectivity index (χ0v) is 10.3. The van der Waals surface area contributed by atoms with Gasteiger partial charge in [-0.1, -0.05) is 31.1 Å². The van der Waals surface area contributed by atoms with E-state index in [2.05, 4.69) is 16.2 Å². The van der Waals surface area contributed by atoms with Crippen LogP contribution in [-0.4, -0.2) is 10.1 Å². The van der Waals surface area contributed by atoms with Gasteiger partial charge >= 0.3 is 0 Å². The first-order valence-corrected chi connectivity index (χ1v) is 5.65. The van der Waals surface area contributed by atoms with E-state index in [1.54, 1.807) is 18.2 Å². The Bertz CT molecular complexity index is 570. The molecule has 2 rings (SSSR count). The van der Waals surface area contributed by atoms with Crippen LogP contribution in [0, 0.1) is 11.3 Å². The molecule has 1 heterocycles. The molecule has 1 aromatic heterocycles. The second kappa shape index (κ2) is 5.32. The molecule has 0 spiro atoms. The van der Waals surface area contributed by atoms with Crippen molar-refractivity contribution in [1.82, 2.24) is 10.1 Å². The lowest BCUT2D eigenvalue weighted by Gasteiger charge is -2.04. The standard InChI is InChI=1S/C13H13N3O2/c1-9(2)13-15-12(16-18-13)8-17-11-6-4-3-5-10(11)7-14/h3-6,9H,8H2,1-2H3. The van der Waals surface area contributed by atoms with E-state index < -0.39 is 0 Å². The minimum atomic E-state index is 0.189. The Hall–Kier alpha value is -2.35. The van der Waals surface area contributed by atoms with Crippen LogP contribution in [0.3, 0.4) is 0 Å². The topological polar surface area (TPSA) is 71.9 Å². The minimum Gasteiger partial charge on any atom is -0.484 e. The van der Waals surface area contributed by atoms with Crippen molar-refractivity contribution in [1.29, 1.82) is 5.26 Å². The lowest BCUT2D eigenvalue weighted by Crippen LogP contribution is -1.99. The molecule has 0 N–H and O–H groups in total. The molecule has 1 aromatic carbocycles. The van der Waals surface area contributed by atoms with Crippen LogP contribution in [0.2, 0.25) is 0 Å². The van der Waals surface area contributed by atoms with Gasteiger partial charge in [-0.25, -0.2) is 0 Å². The maximum absolute atomic E-state index is 8.91. The van der Waals surface area contributed by atoms with E-state index in [0.717, 1.165) is 0 Å². The van der Waals surface area contributed by atoms with Crippen LogP contribution >= 0.6 is 0 Å². The third kappa shape index (κ3) is 2.66. The molecule has 0 aliphatic carbocycles. The Balaban J connectivity index is 2.05. The maximum atomic E-state index is 8.91. The molecule has 2 aromatic rings. The molecule has 5 heteroatoms. The molecule has 0 bridgehead atoms. The van der Waals surface area contributed by atoms with Gasteiger partial charge in [-0.2, -0.15) is 10.2 Å². The minimum absolute atomic E-state index is 0.189. The van der Waals surface area contributed by atoms with E-state index in [-0.39, 0.29) is 12.5 Å². The zero-order chi connectivity index (χ0) is 13.0. The van der Waals surface area contributed by atoms with Crippen molar-refractivity contribution in [3.63, 3.8) is 0 Å². The van der Waals surface area contributed by atoms with Gasteiger partial charge in [-0.15, -0.1) is 0 Å². The summed E-state index contributed by atoms with van der Waals surface area (Å²) < 4.78 is 10.6. The first kappa shape index (κ1) is 12.1. The number of aromatic nitrogens is 2. The SMILES string of the molecule is CC(C)c1nc(COc2ccccc2C#N)no1. The van der Waals surface area contributed by atoms with Gasteiger partial charge in [-0.3, -0.25) is 0 Å². The largest absolute Gasteiger partial charge is 0.484 e. The Morgan fingerprint density at radius 1 is 1.39 bits per heavy atom. The van der Waals surface area contributed by atoms with Gasteiger partial charge in [0.25, 0.3) is 0 Å². The van der Waals surface area contributed by atoms with Crippen molar-refractivity contribution >= 4 is 0 Å². The Morgan fingerprint density at radius 2 is 2.17 bits per heavy atom. The average Bonchev–Trinajstić information content (AvgIpc) is 2.85. The van der Waals surface area contributed by atoms with Gasteiger partial charge in [0.1, 0.15) is 11.8 Å². The van der Waals surface area contributed by atoms with Crippen LogP contribution in [0.25, 0.3) is 0 Å². The lowest BCUT2D eigenvalue weighted by molar-refractivity contribution is 0.283. The Labute approximate surface area is 105 Å². The second-order valence-corrected chi connectivity index (χ2v) is 4.10. The van der Waals surface area contributed by atoms with Crippen molar-refractivity contribution in [3.8, 4) is 11.8 Å². The van der Waals surface area contributed by atoms with E-state index in [0.29, 0.717) is 23.0 Å². The van der Waals surface area contributed by atoms with Gasteiger partial charge in [-0.05, 0) is 12.1 Å². The van der Waals surface area contributed by atoms with E-state index in [4.69, 9.17) is 14.5 Å². The first-order valence-electron chi connectivity index (χ1n) is 5.65. The number of nitriles is 1. The highest BCUT2D eigenvalue weighted by molar-refractivity contribution is 5.42. The monoisotopic (exact) mass is 243 g/mol. The number of rotatable bonds is 4. The molecular formula is C13H13N3O2. The van der Waals surface area contributed by atoms with Gasteiger partial charge < -0.3 is 9.26 Å². The molecule has 0 unspecified atom stereocenters. The molecule has 0 saturated heterocycles.